The van der Waals surface area contributed by atoms with E-state index >= 15 is 0 Å². The van der Waals surface area contributed by atoms with Crippen molar-refractivity contribution in [1.29, 1.82) is 0 Å². The van der Waals surface area contributed by atoms with Gasteiger partial charge in [-0.1, -0.05) is 46.6 Å². The molecule has 1 heterocycles. The van der Waals surface area contributed by atoms with Crippen LogP contribution in [0.2, 0.25) is 0 Å². The number of halogens is 1. The topological polar surface area (TPSA) is 59.0 Å². The molecular formula is C25H36BrNO4. The van der Waals surface area contributed by atoms with Crippen molar-refractivity contribution in [3.63, 3.8) is 0 Å². The van der Waals surface area contributed by atoms with Crippen LogP contribution >= 0.6 is 15.9 Å². The second kappa shape index (κ2) is 12.7. The highest BCUT2D eigenvalue weighted by Gasteiger charge is 2.45. The molecule has 2 aliphatic rings. The van der Waals surface area contributed by atoms with E-state index in [4.69, 9.17) is 4.74 Å². The van der Waals surface area contributed by atoms with Gasteiger partial charge in [-0.25, -0.2) is 0 Å². The summed E-state index contributed by atoms with van der Waals surface area (Å²) in [5.41, 5.74) is 1.15. The molecule has 5 nitrogen and oxygen atoms in total. The number of ether oxygens (including phenoxy) is 2. The van der Waals surface area contributed by atoms with Gasteiger partial charge in [-0.3, -0.25) is 9.69 Å². The average Bonchev–Trinajstić information content (AvgIpc) is 3.11. The number of nitrogens with zero attached hydrogens (tertiary/aromatic N) is 1. The van der Waals surface area contributed by atoms with Gasteiger partial charge < -0.3 is 14.6 Å². The molecule has 2 fully saturated rings. The first-order chi connectivity index (χ1) is 15.1. The van der Waals surface area contributed by atoms with Crippen LogP contribution in [0.15, 0.2) is 40.9 Å². The van der Waals surface area contributed by atoms with Crippen molar-refractivity contribution >= 4 is 21.9 Å². The number of hydrogen-bond donors (Lipinski definition) is 1. The van der Waals surface area contributed by atoms with Crippen LogP contribution in [0.4, 0.5) is 0 Å². The van der Waals surface area contributed by atoms with Crippen molar-refractivity contribution in [3.8, 4) is 0 Å². The average molecular weight is 494 g/mol. The molecule has 0 spiro atoms. The van der Waals surface area contributed by atoms with E-state index < -0.39 is 0 Å². The Labute approximate surface area is 194 Å². The fourth-order valence-corrected chi connectivity index (χ4v) is 5.21. The number of hydrogen-bond acceptors (Lipinski definition) is 5. The summed E-state index contributed by atoms with van der Waals surface area (Å²) in [6, 6.07) is 8.41. The lowest BCUT2D eigenvalue weighted by Crippen LogP contribution is -2.47. The standard InChI is InChI=1S/C25H36BrNO4/c1-30-24(29)10-6-3-2-5-9-21-23(31-18-19-11-13-20(26)14-12-19)17-22(28)25(21)27-15-7-4-8-16-27/h2-3,11-14,21-23,25,28H,4-10,15-18H2,1H3/t21-,22-,23+,25+/m0/s1. The summed E-state index contributed by atoms with van der Waals surface area (Å²) in [7, 11) is 1.42. The monoisotopic (exact) mass is 493 g/mol. The van der Waals surface area contributed by atoms with E-state index in [0.717, 1.165) is 36.0 Å². The Morgan fingerprint density at radius 3 is 2.58 bits per heavy atom. The van der Waals surface area contributed by atoms with Gasteiger partial charge in [0.1, 0.15) is 0 Å². The van der Waals surface area contributed by atoms with Crippen LogP contribution in [-0.4, -0.2) is 54.4 Å². The molecule has 0 radical (unpaired) electrons. The lowest BCUT2D eigenvalue weighted by molar-refractivity contribution is -0.140. The van der Waals surface area contributed by atoms with Gasteiger partial charge in [0.05, 0.1) is 25.9 Å². The van der Waals surface area contributed by atoms with E-state index in [9.17, 15) is 9.90 Å². The number of aliphatic hydroxyl groups excluding tert-OH is 1. The number of piperidine rings is 1. The Bertz CT molecular complexity index is 702. The molecule has 6 heteroatoms. The highest BCUT2D eigenvalue weighted by Crippen LogP contribution is 2.37. The normalized spacial score (nSPS) is 27.1. The summed E-state index contributed by atoms with van der Waals surface area (Å²) in [6.45, 7) is 2.72. The van der Waals surface area contributed by atoms with E-state index in [1.165, 1.54) is 26.4 Å². The zero-order valence-corrected chi connectivity index (χ0v) is 20.1. The molecule has 1 aliphatic carbocycles. The van der Waals surface area contributed by atoms with E-state index in [-0.39, 0.29) is 24.2 Å². The van der Waals surface area contributed by atoms with E-state index in [2.05, 4.69) is 49.9 Å². The number of benzene rings is 1. The number of rotatable bonds is 10. The van der Waals surface area contributed by atoms with Crippen molar-refractivity contribution in [3.05, 3.63) is 46.5 Å². The second-order valence-electron chi connectivity index (χ2n) is 8.69. The fourth-order valence-electron chi connectivity index (χ4n) is 4.95. The molecule has 1 aliphatic heterocycles. The third kappa shape index (κ3) is 7.41. The molecule has 0 aromatic heterocycles. The van der Waals surface area contributed by atoms with Crippen molar-refractivity contribution in [1.82, 2.24) is 4.90 Å². The highest BCUT2D eigenvalue weighted by molar-refractivity contribution is 9.10. The smallest absolute Gasteiger partial charge is 0.305 e. The maximum atomic E-state index is 11.2. The molecule has 1 saturated carbocycles. The summed E-state index contributed by atoms with van der Waals surface area (Å²) in [5.74, 6) is 0.143. The molecule has 31 heavy (non-hydrogen) atoms. The largest absolute Gasteiger partial charge is 0.469 e. The maximum absolute atomic E-state index is 11.2. The number of allylic oxidation sites excluding steroid dienone is 2. The number of methoxy groups -OCH3 is 1. The van der Waals surface area contributed by atoms with Crippen LogP contribution in [0.1, 0.15) is 56.9 Å². The quantitative estimate of drug-likeness (QED) is 0.372. The third-order valence-electron chi connectivity index (χ3n) is 6.55. The second-order valence-corrected chi connectivity index (χ2v) is 9.61. The van der Waals surface area contributed by atoms with Gasteiger partial charge in [-0.15, -0.1) is 0 Å². The molecule has 0 amide bonds. The number of esters is 1. The van der Waals surface area contributed by atoms with Crippen LogP contribution in [0.25, 0.3) is 0 Å². The minimum atomic E-state index is -0.332. The number of likely N-dealkylation sites (tertiary alicyclic amines) is 1. The molecule has 172 valence electrons. The number of carbonyl (C=O) groups is 1. The first-order valence-electron chi connectivity index (χ1n) is 11.6. The van der Waals surface area contributed by atoms with Crippen molar-refractivity contribution in [2.45, 2.75) is 76.2 Å². The van der Waals surface area contributed by atoms with Gasteiger partial charge in [0.25, 0.3) is 0 Å². The van der Waals surface area contributed by atoms with Gasteiger partial charge >= 0.3 is 5.97 Å². The predicted octanol–water partition coefficient (Wildman–Crippen LogP) is 4.86. The fraction of sp³-hybridized carbons (Fsp3) is 0.640. The minimum absolute atomic E-state index is 0.0639. The molecule has 4 atom stereocenters. The van der Waals surface area contributed by atoms with Gasteiger partial charge in [-0.2, -0.15) is 0 Å². The molecule has 1 N–H and O–H groups in total. The van der Waals surface area contributed by atoms with Gasteiger partial charge in [0.15, 0.2) is 0 Å². The Hall–Kier alpha value is -1.21. The molecule has 1 saturated heterocycles. The zero-order valence-electron chi connectivity index (χ0n) is 18.5. The maximum Gasteiger partial charge on any atom is 0.305 e. The van der Waals surface area contributed by atoms with E-state index in [0.29, 0.717) is 31.8 Å². The van der Waals surface area contributed by atoms with Gasteiger partial charge in [0, 0.05) is 29.3 Å². The van der Waals surface area contributed by atoms with Crippen LogP contribution < -0.4 is 0 Å². The minimum Gasteiger partial charge on any atom is -0.469 e. The Balaban J connectivity index is 1.59. The van der Waals surface area contributed by atoms with Crippen molar-refractivity contribution in [2.24, 2.45) is 5.92 Å². The molecule has 0 bridgehead atoms. The first-order valence-corrected chi connectivity index (χ1v) is 12.4. The SMILES string of the molecule is COC(=O)CCC=CCC[C@@H]1[C@@H](N2CCCCC2)[C@@H](O)C[C@H]1OCc1ccc(Br)cc1. The van der Waals surface area contributed by atoms with Crippen LogP contribution in [0.3, 0.4) is 0 Å². The van der Waals surface area contributed by atoms with Gasteiger partial charge in [0.2, 0.25) is 0 Å². The van der Waals surface area contributed by atoms with Crippen molar-refractivity contribution < 1.29 is 19.4 Å². The lowest BCUT2D eigenvalue weighted by Gasteiger charge is -2.38. The summed E-state index contributed by atoms with van der Waals surface area (Å²) >= 11 is 3.48. The lowest BCUT2D eigenvalue weighted by atomic mass is 9.92. The van der Waals surface area contributed by atoms with E-state index in [1.54, 1.807) is 0 Å². The van der Waals surface area contributed by atoms with Crippen LogP contribution in [0.5, 0.6) is 0 Å². The Morgan fingerprint density at radius 1 is 1.16 bits per heavy atom. The van der Waals surface area contributed by atoms with Crippen LogP contribution in [-0.2, 0) is 20.9 Å². The Kier molecular flexibility index (Phi) is 10.0. The number of carbonyl (C=O) groups excluding carboxylic acids is 1. The molecular weight excluding hydrogens is 458 g/mol. The van der Waals surface area contributed by atoms with Crippen molar-refractivity contribution in [2.75, 3.05) is 20.2 Å². The summed E-state index contributed by atoms with van der Waals surface area (Å²) < 4.78 is 12.1. The first kappa shape index (κ1) is 24.4. The zero-order chi connectivity index (χ0) is 22.1. The molecule has 0 unspecified atom stereocenters. The van der Waals surface area contributed by atoms with Crippen LogP contribution in [0, 0.1) is 5.92 Å². The summed E-state index contributed by atoms with van der Waals surface area (Å²) in [4.78, 5) is 13.8. The Morgan fingerprint density at radius 2 is 1.87 bits per heavy atom. The molecule has 1 aromatic carbocycles. The third-order valence-corrected chi connectivity index (χ3v) is 7.08. The predicted molar refractivity (Wildman–Crippen MR) is 126 cm³/mol. The summed E-state index contributed by atoms with van der Waals surface area (Å²) in [5, 5.41) is 10.9. The van der Waals surface area contributed by atoms with E-state index in [1.807, 2.05) is 12.1 Å². The molecule has 3 rings (SSSR count). The summed E-state index contributed by atoms with van der Waals surface area (Å²) in [6.07, 6.45) is 11.4. The number of aliphatic hydroxyl groups is 1. The molecule has 1 aromatic rings. The van der Waals surface area contributed by atoms with Gasteiger partial charge in [-0.05, 0) is 62.9 Å². The highest BCUT2D eigenvalue weighted by atomic mass is 79.9.